The van der Waals surface area contributed by atoms with Crippen LogP contribution in [0.2, 0.25) is 0 Å². The number of fused-ring (bicyclic) bond motifs is 2. The van der Waals surface area contributed by atoms with Crippen molar-refractivity contribution in [2.24, 2.45) is 0 Å². The number of benzene rings is 1. The van der Waals surface area contributed by atoms with Gasteiger partial charge in [-0.1, -0.05) is 0 Å². The molecule has 0 bridgehead atoms. The van der Waals surface area contributed by atoms with Gasteiger partial charge in [-0.15, -0.1) is 0 Å². The van der Waals surface area contributed by atoms with Crippen molar-refractivity contribution in [2.45, 2.75) is 26.3 Å². The molecule has 0 saturated heterocycles. The summed E-state index contributed by atoms with van der Waals surface area (Å²) in [4.78, 5) is 3.22. The average molecular weight is 213 g/mol. The van der Waals surface area contributed by atoms with Crippen LogP contribution in [0.5, 0.6) is 0 Å². The Labute approximate surface area is 94.1 Å². The first-order valence-corrected chi connectivity index (χ1v) is 5.51. The summed E-state index contributed by atoms with van der Waals surface area (Å²) in [5.74, 6) is 0. The second kappa shape index (κ2) is 2.88. The van der Waals surface area contributed by atoms with Gasteiger partial charge in [-0.2, -0.15) is 5.10 Å². The molecule has 82 valence electrons. The zero-order valence-corrected chi connectivity index (χ0v) is 9.78. The lowest BCUT2D eigenvalue weighted by molar-refractivity contribution is 0.368. The summed E-state index contributed by atoms with van der Waals surface area (Å²) in [7, 11) is 0. The Morgan fingerprint density at radius 1 is 1.19 bits per heavy atom. The zero-order chi connectivity index (χ0) is 11.3. The maximum Gasteiger partial charge on any atom is 0.0696 e. The predicted octanol–water partition coefficient (Wildman–Crippen LogP) is 3.27. The van der Waals surface area contributed by atoms with Gasteiger partial charge < -0.3 is 4.98 Å². The number of aromatic amines is 1. The number of hydrogen-bond donors (Lipinski definition) is 1. The third-order valence-corrected chi connectivity index (χ3v) is 2.88. The number of nitrogens with zero attached hydrogens (tertiary/aromatic N) is 2. The highest BCUT2D eigenvalue weighted by molar-refractivity contribution is 5.95. The zero-order valence-electron chi connectivity index (χ0n) is 9.78. The van der Waals surface area contributed by atoms with E-state index in [2.05, 4.69) is 53.7 Å². The Balaban J connectivity index is 2.40. The van der Waals surface area contributed by atoms with Gasteiger partial charge in [0.15, 0.2) is 0 Å². The van der Waals surface area contributed by atoms with Crippen LogP contribution in [0.25, 0.3) is 21.8 Å². The van der Waals surface area contributed by atoms with Gasteiger partial charge in [0.2, 0.25) is 0 Å². The van der Waals surface area contributed by atoms with Crippen LogP contribution in [-0.4, -0.2) is 14.8 Å². The van der Waals surface area contributed by atoms with Crippen LogP contribution in [-0.2, 0) is 5.54 Å². The fraction of sp³-hybridized carbons (Fsp3) is 0.308. The minimum absolute atomic E-state index is 0.0196. The van der Waals surface area contributed by atoms with Crippen molar-refractivity contribution in [2.75, 3.05) is 0 Å². The Morgan fingerprint density at radius 3 is 2.75 bits per heavy atom. The molecule has 0 radical (unpaired) electrons. The standard InChI is InChI=1S/C13H15N3/c1-13(2,3)16-12-7-9-4-5-14-11(9)6-10(12)8-15-16/h4-8,14H,1-3H3. The van der Waals surface area contributed by atoms with E-state index in [0.29, 0.717) is 0 Å². The van der Waals surface area contributed by atoms with E-state index in [1.807, 2.05) is 12.4 Å². The highest BCUT2D eigenvalue weighted by atomic mass is 15.3. The van der Waals surface area contributed by atoms with E-state index >= 15 is 0 Å². The summed E-state index contributed by atoms with van der Waals surface area (Å²) >= 11 is 0. The summed E-state index contributed by atoms with van der Waals surface area (Å²) in [6.07, 6.45) is 3.90. The monoisotopic (exact) mass is 213 g/mol. The third-order valence-electron chi connectivity index (χ3n) is 2.88. The quantitative estimate of drug-likeness (QED) is 0.611. The molecule has 3 rings (SSSR count). The first kappa shape index (κ1) is 9.46. The lowest BCUT2D eigenvalue weighted by Gasteiger charge is -2.20. The van der Waals surface area contributed by atoms with E-state index in [1.165, 1.54) is 21.8 Å². The summed E-state index contributed by atoms with van der Waals surface area (Å²) < 4.78 is 2.08. The minimum Gasteiger partial charge on any atom is -0.361 e. The van der Waals surface area contributed by atoms with Crippen LogP contribution in [0.1, 0.15) is 20.8 Å². The molecule has 16 heavy (non-hydrogen) atoms. The molecule has 3 heteroatoms. The highest BCUT2D eigenvalue weighted by Crippen LogP contribution is 2.25. The number of H-pyrrole nitrogens is 1. The molecular weight excluding hydrogens is 198 g/mol. The van der Waals surface area contributed by atoms with Crippen molar-refractivity contribution >= 4 is 21.8 Å². The van der Waals surface area contributed by atoms with E-state index in [-0.39, 0.29) is 5.54 Å². The Morgan fingerprint density at radius 2 is 2.00 bits per heavy atom. The van der Waals surface area contributed by atoms with Crippen LogP contribution < -0.4 is 0 Å². The second-order valence-corrected chi connectivity index (χ2v) is 5.20. The smallest absolute Gasteiger partial charge is 0.0696 e. The van der Waals surface area contributed by atoms with E-state index < -0.39 is 0 Å². The minimum atomic E-state index is 0.0196. The van der Waals surface area contributed by atoms with Gasteiger partial charge in [0.1, 0.15) is 0 Å². The summed E-state index contributed by atoms with van der Waals surface area (Å²) in [5, 5.41) is 6.89. The van der Waals surface area contributed by atoms with Crippen molar-refractivity contribution in [3.8, 4) is 0 Å². The van der Waals surface area contributed by atoms with Crippen LogP contribution in [0.4, 0.5) is 0 Å². The summed E-state index contributed by atoms with van der Waals surface area (Å²) in [6, 6.07) is 6.44. The Hall–Kier alpha value is -1.77. The number of hydrogen-bond acceptors (Lipinski definition) is 1. The largest absolute Gasteiger partial charge is 0.361 e. The van der Waals surface area contributed by atoms with Crippen molar-refractivity contribution in [3.05, 3.63) is 30.6 Å². The number of nitrogens with one attached hydrogen (secondary N) is 1. The van der Waals surface area contributed by atoms with Crippen molar-refractivity contribution in [1.29, 1.82) is 0 Å². The Kier molecular flexibility index (Phi) is 1.70. The molecule has 0 aliphatic carbocycles. The predicted molar refractivity (Wildman–Crippen MR) is 66.6 cm³/mol. The molecule has 3 aromatic rings. The second-order valence-electron chi connectivity index (χ2n) is 5.20. The fourth-order valence-corrected chi connectivity index (χ4v) is 2.11. The van der Waals surface area contributed by atoms with Gasteiger partial charge in [-0.05, 0) is 39.0 Å². The van der Waals surface area contributed by atoms with Gasteiger partial charge in [0.25, 0.3) is 0 Å². The van der Waals surface area contributed by atoms with Crippen molar-refractivity contribution < 1.29 is 0 Å². The maximum absolute atomic E-state index is 4.47. The highest BCUT2D eigenvalue weighted by Gasteiger charge is 2.16. The first-order chi connectivity index (χ1) is 7.55. The molecule has 3 nitrogen and oxygen atoms in total. The third kappa shape index (κ3) is 1.24. The van der Waals surface area contributed by atoms with Gasteiger partial charge >= 0.3 is 0 Å². The lowest BCUT2D eigenvalue weighted by Crippen LogP contribution is -2.22. The molecule has 0 aliphatic rings. The average Bonchev–Trinajstić information content (AvgIpc) is 2.76. The molecule has 0 fully saturated rings. The summed E-state index contributed by atoms with van der Waals surface area (Å²) in [5.41, 5.74) is 2.38. The van der Waals surface area contributed by atoms with Crippen molar-refractivity contribution in [3.63, 3.8) is 0 Å². The fourth-order valence-electron chi connectivity index (χ4n) is 2.11. The van der Waals surface area contributed by atoms with Gasteiger partial charge in [0, 0.05) is 22.5 Å². The van der Waals surface area contributed by atoms with E-state index in [1.54, 1.807) is 0 Å². The van der Waals surface area contributed by atoms with Gasteiger partial charge in [-0.3, -0.25) is 4.68 Å². The number of aromatic nitrogens is 3. The normalized spacial score (nSPS) is 12.7. The Bertz CT molecular complexity index is 652. The molecule has 0 saturated carbocycles. The van der Waals surface area contributed by atoms with E-state index in [4.69, 9.17) is 0 Å². The van der Waals surface area contributed by atoms with Gasteiger partial charge in [0.05, 0.1) is 17.3 Å². The molecule has 0 amide bonds. The van der Waals surface area contributed by atoms with Crippen LogP contribution >= 0.6 is 0 Å². The van der Waals surface area contributed by atoms with Gasteiger partial charge in [-0.25, -0.2) is 0 Å². The first-order valence-electron chi connectivity index (χ1n) is 5.51. The SMILES string of the molecule is CC(C)(C)n1ncc2cc3[nH]ccc3cc21. The molecule has 0 aliphatic heterocycles. The molecule has 0 atom stereocenters. The molecule has 0 unspecified atom stereocenters. The lowest BCUT2D eigenvalue weighted by atomic mass is 10.1. The maximum atomic E-state index is 4.47. The van der Waals surface area contributed by atoms with Crippen molar-refractivity contribution in [1.82, 2.24) is 14.8 Å². The molecule has 2 aromatic heterocycles. The number of rotatable bonds is 0. The molecular formula is C13H15N3. The van der Waals surface area contributed by atoms with Crippen LogP contribution in [0, 0.1) is 0 Å². The van der Waals surface area contributed by atoms with Crippen LogP contribution in [0.3, 0.4) is 0 Å². The molecule has 1 aromatic carbocycles. The molecule has 1 N–H and O–H groups in total. The van der Waals surface area contributed by atoms with E-state index in [0.717, 1.165) is 0 Å². The summed E-state index contributed by atoms with van der Waals surface area (Å²) in [6.45, 7) is 6.50. The molecule has 2 heterocycles. The topological polar surface area (TPSA) is 33.6 Å². The molecule has 0 spiro atoms. The van der Waals surface area contributed by atoms with E-state index in [9.17, 15) is 0 Å². The van der Waals surface area contributed by atoms with Crippen LogP contribution in [0.15, 0.2) is 30.6 Å².